The summed E-state index contributed by atoms with van der Waals surface area (Å²) in [5.74, 6) is 2.00. The molecule has 3 aromatic carbocycles. The minimum atomic E-state index is 0.542. The molecule has 0 fully saturated rings. The molecule has 0 saturated heterocycles. The monoisotopic (exact) mass is 394 g/mol. The zero-order valence-corrected chi connectivity index (χ0v) is 18.0. The van der Waals surface area contributed by atoms with Crippen LogP contribution < -0.4 is 9.30 Å². The van der Waals surface area contributed by atoms with Gasteiger partial charge in [0.05, 0.1) is 12.1 Å². The van der Waals surface area contributed by atoms with Gasteiger partial charge < -0.3 is 4.74 Å². The second kappa shape index (κ2) is 6.53. The van der Waals surface area contributed by atoms with Crippen molar-refractivity contribution in [1.29, 1.82) is 0 Å². The minimum absolute atomic E-state index is 0.542. The molecule has 4 heteroatoms. The summed E-state index contributed by atoms with van der Waals surface area (Å²) in [6.45, 7) is 16.3. The maximum Gasteiger partial charge on any atom is 0.293 e. The van der Waals surface area contributed by atoms with Gasteiger partial charge in [0.15, 0.2) is 0 Å². The maximum absolute atomic E-state index is 7.54. The average Bonchev–Trinajstić information content (AvgIpc) is 2.70. The van der Waals surface area contributed by atoms with E-state index < -0.39 is 0 Å². The molecule has 0 unspecified atom stereocenters. The fraction of sp³-hybridized carbons (Fsp3) is 0.269. The first-order valence-corrected chi connectivity index (χ1v) is 10.3. The Bertz CT molecular complexity index is 1410. The van der Waals surface area contributed by atoms with E-state index in [0.29, 0.717) is 23.0 Å². The van der Waals surface area contributed by atoms with E-state index in [-0.39, 0.29) is 0 Å². The van der Waals surface area contributed by atoms with E-state index in [4.69, 9.17) is 16.3 Å². The molecule has 5 rings (SSSR count). The third-order valence-corrected chi connectivity index (χ3v) is 6.09. The molecule has 2 heterocycles. The van der Waals surface area contributed by atoms with Crippen LogP contribution in [0.1, 0.15) is 30.5 Å². The van der Waals surface area contributed by atoms with Crippen LogP contribution in [0.3, 0.4) is 0 Å². The summed E-state index contributed by atoms with van der Waals surface area (Å²) >= 11 is 0. The third kappa shape index (κ3) is 2.59. The van der Waals surface area contributed by atoms with E-state index in [0.717, 1.165) is 28.8 Å². The Hall–Kier alpha value is -3.45. The summed E-state index contributed by atoms with van der Waals surface area (Å²) in [7, 11) is 2.03. The van der Waals surface area contributed by atoms with Crippen molar-refractivity contribution in [3.05, 3.63) is 64.5 Å². The molecule has 0 N–H and O–H groups in total. The number of hydrogen-bond acceptors (Lipinski definition) is 2. The lowest BCUT2D eigenvalue weighted by molar-refractivity contribution is -0.634. The lowest BCUT2D eigenvalue weighted by Gasteiger charge is -2.22. The Morgan fingerprint density at radius 3 is 2.70 bits per heavy atom. The second-order valence-electron chi connectivity index (χ2n) is 8.67. The molecule has 4 aromatic rings. The van der Waals surface area contributed by atoms with Crippen molar-refractivity contribution in [2.75, 3.05) is 0 Å². The van der Waals surface area contributed by atoms with Crippen molar-refractivity contribution >= 4 is 27.5 Å². The van der Waals surface area contributed by atoms with Gasteiger partial charge in [-0.25, -0.2) is 9.83 Å². The average molecular weight is 394 g/mol. The van der Waals surface area contributed by atoms with Gasteiger partial charge in [-0.3, -0.25) is 0 Å². The fourth-order valence-corrected chi connectivity index (χ4v) is 4.63. The quantitative estimate of drug-likeness (QED) is 0.258. The highest BCUT2D eigenvalue weighted by atomic mass is 16.5. The van der Waals surface area contributed by atoms with E-state index in [1.54, 1.807) is 0 Å². The topological polar surface area (TPSA) is 30.4 Å². The summed E-state index contributed by atoms with van der Waals surface area (Å²) in [5.41, 5.74) is 8.08. The van der Waals surface area contributed by atoms with Crippen molar-refractivity contribution in [2.24, 2.45) is 13.0 Å². The molecule has 30 heavy (non-hydrogen) atoms. The first-order valence-electron chi connectivity index (χ1n) is 10.3. The van der Waals surface area contributed by atoms with Gasteiger partial charge in [0.25, 0.3) is 11.6 Å². The molecular weight excluding hydrogens is 370 g/mol. The molecular formula is C26H24N3O+. The molecule has 0 bridgehead atoms. The van der Waals surface area contributed by atoms with E-state index in [1.807, 2.05) is 25.2 Å². The summed E-state index contributed by atoms with van der Waals surface area (Å²) in [4.78, 5) is 8.51. The standard InChI is InChI=1S/C26H24N3O/c1-14(2)10-17-12-18-11-15(3)16(4)22-23(18)21(13-17)30-26-25(22)29(6)20-9-7-8-19(27-5)24(20)28-26/h7-9,11-14H,10H2,1-4,6H3/q+1. The van der Waals surface area contributed by atoms with Crippen LogP contribution in [-0.4, -0.2) is 4.98 Å². The van der Waals surface area contributed by atoms with Gasteiger partial charge in [-0.1, -0.05) is 38.1 Å². The minimum Gasteiger partial charge on any atom is -0.433 e. The Morgan fingerprint density at radius 2 is 1.97 bits per heavy atom. The number of fused-ring (bicyclic) bond motifs is 3. The van der Waals surface area contributed by atoms with E-state index in [2.05, 4.69) is 55.3 Å². The third-order valence-electron chi connectivity index (χ3n) is 6.09. The van der Waals surface area contributed by atoms with E-state index >= 15 is 0 Å². The molecule has 4 nitrogen and oxygen atoms in total. The molecule has 0 atom stereocenters. The number of aromatic nitrogens is 2. The largest absolute Gasteiger partial charge is 0.433 e. The molecule has 0 spiro atoms. The molecule has 0 aliphatic carbocycles. The molecule has 1 aliphatic rings. The number of rotatable bonds is 2. The van der Waals surface area contributed by atoms with Crippen molar-refractivity contribution in [3.8, 4) is 22.9 Å². The Labute approximate surface area is 176 Å². The smallest absolute Gasteiger partial charge is 0.293 e. The first kappa shape index (κ1) is 18.6. The summed E-state index contributed by atoms with van der Waals surface area (Å²) in [5, 5.41) is 2.36. The molecule has 0 amide bonds. The number of aryl methyl sites for hydroxylation is 2. The summed E-state index contributed by atoms with van der Waals surface area (Å²) < 4.78 is 8.54. The SMILES string of the molecule is [C-]#[N+]c1cccc2c1nc1c([n+]2C)-c2c(C)c(C)cc3cc(CC(C)C)cc(c23)O1. The number of ether oxygens (including phenoxy) is 1. The van der Waals surface area contributed by atoms with Gasteiger partial charge in [0.2, 0.25) is 11.2 Å². The molecule has 148 valence electrons. The van der Waals surface area contributed by atoms with Crippen LogP contribution in [0, 0.1) is 26.3 Å². The highest BCUT2D eigenvalue weighted by Gasteiger charge is 2.33. The van der Waals surface area contributed by atoms with Crippen LogP contribution >= 0.6 is 0 Å². The van der Waals surface area contributed by atoms with Crippen LogP contribution in [0.5, 0.6) is 11.6 Å². The van der Waals surface area contributed by atoms with Gasteiger partial charge >= 0.3 is 0 Å². The lowest BCUT2D eigenvalue weighted by atomic mass is 9.89. The fourth-order valence-electron chi connectivity index (χ4n) is 4.63. The van der Waals surface area contributed by atoms with Gasteiger partial charge in [0, 0.05) is 11.5 Å². The highest BCUT2D eigenvalue weighted by molar-refractivity contribution is 6.05. The molecule has 1 aromatic heterocycles. The van der Waals surface area contributed by atoms with Gasteiger partial charge in [-0.2, -0.15) is 4.57 Å². The van der Waals surface area contributed by atoms with Gasteiger partial charge in [0.1, 0.15) is 18.3 Å². The van der Waals surface area contributed by atoms with Crippen LogP contribution in [0.4, 0.5) is 5.69 Å². The zero-order chi connectivity index (χ0) is 21.2. The highest BCUT2D eigenvalue weighted by Crippen LogP contribution is 2.48. The second-order valence-corrected chi connectivity index (χ2v) is 8.67. The predicted molar refractivity (Wildman–Crippen MR) is 120 cm³/mol. The Morgan fingerprint density at radius 1 is 1.17 bits per heavy atom. The zero-order valence-electron chi connectivity index (χ0n) is 18.0. The molecule has 0 radical (unpaired) electrons. The van der Waals surface area contributed by atoms with Crippen LogP contribution in [0.25, 0.3) is 37.9 Å². The van der Waals surface area contributed by atoms with Gasteiger partial charge in [-0.05, 0) is 54.3 Å². The molecule has 1 aliphatic heterocycles. The number of para-hydroxylation sites is 1. The van der Waals surface area contributed by atoms with E-state index in [1.165, 1.54) is 27.6 Å². The normalized spacial score (nSPS) is 12.2. The molecule has 0 saturated carbocycles. The van der Waals surface area contributed by atoms with Crippen molar-refractivity contribution in [3.63, 3.8) is 0 Å². The Balaban J connectivity index is 1.92. The first-order chi connectivity index (χ1) is 14.4. The number of nitrogens with zero attached hydrogens (tertiary/aromatic N) is 3. The Kier molecular flexibility index (Phi) is 4.04. The van der Waals surface area contributed by atoms with Crippen molar-refractivity contribution < 1.29 is 9.30 Å². The summed E-state index contributed by atoms with van der Waals surface area (Å²) in [6.07, 6.45) is 1.00. The predicted octanol–water partition coefficient (Wildman–Crippen LogP) is 6.35. The van der Waals surface area contributed by atoms with Crippen LogP contribution in [-0.2, 0) is 13.5 Å². The van der Waals surface area contributed by atoms with E-state index in [9.17, 15) is 0 Å². The van der Waals surface area contributed by atoms with Gasteiger partial charge in [-0.15, -0.1) is 0 Å². The lowest BCUT2D eigenvalue weighted by Crippen LogP contribution is -2.34. The van der Waals surface area contributed by atoms with Crippen LogP contribution in [0.15, 0.2) is 36.4 Å². The number of benzene rings is 3. The van der Waals surface area contributed by atoms with Crippen LogP contribution in [0.2, 0.25) is 0 Å². The summed E-state index contributed by atoms with van der Waals surface area (Å²) in [6, 6.07) is 12.5. The maximum atomic E-state index is 7.54. The van der Waals surface area contributed by atoms with Crippen molar-refractivity contribution in [2.45, 2.75) is 34.1 Å². The number of hydrogen-bond donors (Lipinski definition) is 0. The van der Waals surface area contributed by atoms with Crippen molar-refractivity contribution in [1.82, 2.24) is 4.98 Å².